The molecule has 0 saturated carbocycles. The standard InChI is InChI=1S/C15H21N3O3.ClH/c1-18-8-6-11(10-14(18)19)15(20)17-12-2-4-13(5-3-12)21-9-7-16;/h2-5,11H,6-10,16H2,1H3,(H,17,20);1H. The van der Waals surface area contributed by atoms with E-state index in [2.05, 4.69) is 5.32 Å². The SMILES string of the molecule is CN1CCC(C(=O)Nc2ccc(OCCN)cc2)CC1=O.Cl. The van der Waals surface area contributed by atoms with Crippen LogP contribution in [0.2, 0.25) is 0 Å². The van der Waals surface area contributed by atoms with Gasteiger partial charge in [-0.25, -0.2) is 0 Å². The van der Waals surface area contributed by atoms with E-state index < -0.39 is 0 Å². The molecular weight excluding hydrogens is 306 g/mol. The highest BCUT2D eigenvalue weighted by Gasteiger charge is 2.28. The van der Waals surface area contributed by atoms with Gasteiger partial charge < -0.3 is 20.7 Å². The van der Waals surface area contributed by atoms with Crippen LogP contribution in [0.1, 0.15) is 12.8 Å². The van der Waals surface area contributed by atoms with Crippen LogP contribution in [0.4, 0.5) is 5.69 Å². The van der Waals surface area contributed by atoms with Crippen LogP contribution in [0, 0.1) is 5.92 Å². The van der Waals surface area contributed by atoms with E-state index in [-0.39, 0.29) is 36.6 Å². The highest BCUT2D eigenvalue weighted by molar-refractivity contribution is 5.95. The van der Waals surface area contributed by atoms with Gasteiger partial charge in [0.15, 0.2) is 0 Å². The van der Waals surface area contributed by atoms with Crippen molar-refractivity contribution in [3.8, 4) is 5.75 Å². The molecule has 2 rings (SSSR count). The fourth-order valence-corrected chi connectivity index (χ4v) is 2.22. The van der Waals surface area contributed by atoms with Crippen LogP contribution in [-0.2, 0) is 9.59 Å². The maximum Gasteiger partial charge on any atom is 0.228 e. The summed E-state index contributed by atoms with van der Waals surface area (Å²) in [5.41, 5.74) is 6.06. The van der Waals surface area contributed by atoms with E-state index in [4.69, 9.17) is 10.5 Å². The lowest BCUT2D eigenvalue weighted by Crippen LogP contribution is -2.39. The van der Waals surface area contributed by atoms with E-state index in [9.17, 15) is 9.59 Å². The summed E-state index contributed by atoms with van der Waals surface area (Å²) in [6, 6.07) is 7.12. The monoisotopic (exact) mass is 327 g/mol. The van der Waals surface area contributed by atoms with Gasteiger partial charge in [0.05, 0.1) is 0 Å². The number of carbonyl (C=O) groups excluding carboxylic acids is 2. The summed E-state index contributed by atoms with van der Waals surface area (Å²) >= 11 is 0. The lowest BCUT2D eigenvalue weighted by atomic mass is 9.95. The third kappa shape index (κ3) is 4.89. The van der Waals surface area contributed by atoms with Gasteiger partial charge in [0.25, 0.3) is 0 Å². The Morgan fingerprint density at radius 1 is 1.41 bits per heavy atom. The van der Waals surface area contributed by atoms with E-state index in [1.165, 1.54) is 0 Å². The number of nitrogens with zero attached hydrogens (tertiary/aromatic N) is 1. The molecule has 1 heterocycles. The number of nitrogens with one attached hydrogen (secondary N) is 1. The molecule has 1 aliphatic rings. The van der Waals surface area contributed by atoms with E-state index in [1.807, 2.05) is 0 Å². The molecule has 0 bridgehead atoms. The van der Waals surface area contributed by atoms with Gasteiger partial charge in [0.2, 0.25) is 11.8 Å². The molecule has 1 aromatic carbocycles. The van der Waals surface area contributed by atoms with Crippen molar-refractivity contribution in [3.63, 3.8) is 0 Å². The molecule has 0 spiro atoms. The van der Waals surface area contributed by atoms with Gasteiger partial charge in [-0.1, -0.05) is 0 Å². The number of nitrogens with two attached hydrogens (primary N) is 1. The predicted molar refractivity (Wildman–Crippen MR) is 87.2 cm³/mol. The first-order valence-corrected chi connectivity index (χ1v) is 7.08. The highest BCUT2D eigenvalue weighted by Crippen LogP contribution is 2.21. The predicted octanol–water partition coefficient (Wildman–Crippen LogP) is 1.25. The fourth-order valence-electron chi connectivity index (χ4n) is 2.22. The van der Waals surface area contributed by atoms with E-state index in [0.29, 0.717) is 37.6 Å². The molecule has 3 N–H and O–H groups in total. The van der Waals surface area contributed by atoms with Crippen molar-refractivity contribution in [3.05, 3.63) is 24.3 Å². The van der Waals surface area contributed by atoms with Crippen LogP contribution >= 0.6 is 12.4 Å². The number of halogens is 1. The zero-order valence-electron chi connectivity index (χ0n) is 12.6. The number of ether oxygens (including phenoxy) is 1. The molecule has 2 amide bonds. The van der Waals surface area contributed by atoms with Gasteiger partial charge in [-0.15, -0.1) is 12.4 Å². The zero-order chi connectivity index (χ0) is 15.2. The molecule has 1 saturated heterocycles. The number of piperidine rings is 1. The van der Waals surface area contributed by atoms with E-state index >= 15 is 0 Å². The third-order valence-electron chi connectivity index (χ3n) is 3.54. The Bertz CT molecular complexity index is 507. The molecule has 7 heteroatoms. The van der Waals surface area contributed by atoms with Gasteiger partial charge in [-0.3, -0.25) is 9.59 Å². The lowest BCUT2D eigenvalue weighted by Gasteiger charge is -2.27. The minimum atomic E-state index is -0.248. The Labute approximate surface area is 136 Å². The molecule has 22 heavy (non-hydrogen) atoms. The summed E-state index contributed by atoms with van der Waals surface area (Å²) in [5.74, 6) is 0.383. The Morgan fingerprint density at radius 2 is 2.09 bits per heavy atom. The molecule has 6 nitrogen and oxygen atoms in total. The van der Waals surface area contributed by atoms with Crippen LogP contribution in [0.5, 0.6) is 5.75 Å². The average Bonchev–Trinajstić information content (AvgIpc) is 2.49. The first-order chi connectivity index (χ1) is 10.1. The number of hydrogen-bond acceptors (Lipinski definition) is 4. The zero-order valence-corrected chi connectivity index (χ0v) is 13.4. The number of benzene rings is 1. The minimum Gasteiger partial charge on any atom is -0.492 e. The summed E-state index contributed by atoms with van der Waals surface area (Å²) in [4.78, 5) is 25.4. The Balaban J connectivity index is 0.00000242. The van der Waals surface area contributed by atoms with Gasteiger partial charge in [0.1, 0.15) is 12.4 Å². The molecule has 122 valence electrons. The second-order valence-corrected chi connectivity index (χ2v) is 5.16. The third-order valence-corrected chi connectivity index (χ3v) is 3.54. The van der Waals surface area contributed by atoms with Crippen LogP contribution in [0.3, 0.4) is 0 Å². The van der Waals surface area contributed by atoms with Gasteiger partial charge in [0, 0.05) is 38.2 Å². The van der Waals surface area contributed by atoms with Gasteiger partial charge in [-0.2, -0.15) is 0 Å². The quantitative estimate of drug-likeness (QED) is 0.852. The number of hydrogen-bond donors (Lipinski definition) is 2. The molecule has 1 atom stereocenters. The summed E-state index contributed by atoms with van der Waals surface area (Å²) in [7, 11) is 1.76. The first kappa shape index (κ1) is 18.3. The highest BCUT2D eigenvalue weighted by atomic mass is 35.5. The maximum absolute atomic E-state index is 12.1. The number of anilines is 1. The largest absolute Gasteiger partial charge is 0.492 e. The van der Waals surface area contributed by atoms with Crippen molar-refractivity contribution in [1.29, 1.82) is 0 Å². The summed E-state index contributed by atoms with van der Waals surface area (Å²) < 4.78 is 5.37. The van der Waals surface area contributed by atoms with E-state index in [0.717, 1.165) is 0 Å². The lowest BCUT2D eigenvalue weighted by molar-refractivity contribution is -0.137. The Hall–Kier alpha value is -1.79. The summed E-state index contributed by atoms with van der Waals surface area (Å²) in [6.07, 6.45) is 0.978. The maximum atomic E-state index is 12.1. The molecule has 0 radical (unpaired) electrons. The van der Waals surface area contributed by atoms with Gasteiger partial charge in [-0.05, 0) is 30.7 Å². The van der Waals surface area contributed by atoms with Crippen molar-refractivity contribution in [1.82, 2.24) is 4.90 Å². The molecule has 1 unspecified atom stereocenters. The normalized spacial score (nSPS) is 17.6. The summed E-state index contributed by atoms with van der Waals surface area (Å²) in [5, 5.41) is 2.84. The molecule has 1 aliphatic heterocycles. The Kier molecular flexibility index (Phi) is 7.14. The van der Waals surface area contributed by atoms with Crippen LogP contribution < -0.4 is 15.8 Å². The number of carbonyl (C=O) groups is 2. The molecule has 0 aliphatic carbocycles. The number of amides is 2. The second-order valence-electron chi connectivity index (χ2n) is 5.16. The molecular formula is C15H22ClN3O3. The van der Waals surface area contributed by atoms with Crippen molar-refractivity contribution < 1.29 is 14.3 Å². The van der Waals surface area contributed by atoms with Crippen molar-refractivity contribution >= 4 is 29.9 Å². The topological polar surface area (TPSA) is 84.7 Å². The van der Waals surface area contributed by atoms with Crippen LogP contribution in [0.25, 0.3) is 0 Å². The molecule has 1 aromatic rings. The second kappa shape index (κ2) is 8.60. The van der Waals surface area contributed by atoms with Gasteiger partial charge >= 0.3 is 0 Å². The fraction of sp³-hybridized carbons (Fsp3) is 0.467. The van der Waals surface area contributed by atoms with Crippen LogP contribution in [-0.4, -0.2) is 43.5 Å². The number of likely N-dealkylation sites (tertiary alicyclic amines) is 1. The minimum absolute atomic E-state index is 0. The first-order valence-electron chi connectivity index (χ1n) is 7.08. The van der Waals surface area contributed by atoms with Crippen molar-refractivity contribution in [2.75, 3.05) is 32.1 Å². The number of rotatable bonds is 5. The smallest absolute Gasteiger partial charge is 0.228 e. The average molecular weight is 328 g/mol. The molecule has 1 fully saturated rings. The Morgan fingerprint density at radius 3 is 2.68 bits per heavy atom. The van der Waals surface area contributed by atoms with Crippen molar-refractivity contribution in [2.24, 2.45) is 11.7 Å². The van der Waals surface area contributed by atoms with Crippen LogP contribution in [0.15, 0.2) is 24.3 Å². The van der Waals surface area contributed by atoms with E-state index in [1.54, 1.807) is 36.2 Å². The summed E-state index contributed by atoms with van der Waals surface area (Å²) in [6.45, 7) is 1.55. The van der Waals surface area contributed by atoms with Crippen molar-refractivity contribution in [2.45, 2.75) is 12.8 Å². The molecule has 0 aromatic heterocycles.